The Morgan fingerprint density at radius 2 is 1.87 bits per heavy atom. The van der Waals surface area contributed by atoms with Crippen molar-refractivity contribution in [3.8, 4) is 11.3 Å². The van der Waals surface area contributed by atoms with Crippen LogP contribution >= 0.6 is 11.6 Å². The molecule has 1 saturated heterocycles. The average Bonchev–Trinajstić information content (AvgIpc) is 2.96. The second kappa shape index (κ2) is 8.24. The SMILES string of the molecule is CN1CCN(c2ccc(Nc3ncc4c([n+]3[O-])-c3ccc(Cl)cc3NCC4)cc2)CC1. The molecule has 0 atom stereocenters. The van der Waals surface area contributed by atoms with E-state index in [9.17, 15) is 5.21 Å². The van der Waals surface area contributed by atoms with Crippen molar-refractivity contribution in [1.82, 2.24) is 9.88 Å². The molecule has 3 aromatic rings. The van der Waals surface area contributed by atoms with Gasteiger partial charge in [0.05, 0.1) is 5.69 Å². The second-order valence-corrected chi connectivity index (χ2v) is 8.52. The third-order valence-corrected chi connectivity index (χ3v) is 6.22. The molecule has 0 amide bonds. The molecule has 5 rings (SSSR count). The van der Waals surface area contributed by atoms with Gasteiger partial charge in [-0.15, -0.1) is 0 Å². The maximum atomic E-state index is 13.3. The molecule has 7 nitrogen and oxygen atoms in total. The Balaban J connectivity index is 1.42. The summed E-state index contributed by atoms with van der Waals surface area (Å²) in [6, 6.07) is 13.7. The average molecular weight is 437 g/mol. The predicted molar refractivity (Wildman–Crippen MR) is 125 cm³/mol. The Labute approximate surface area is 186 Å². The lowest BCUT2D eigenvalue weighted by atomic mass is 10.1. The number of aromatic nitrogens is 2. The van der Waals surface area contributed by atoms with Crippen molar-refractivity contribution >= 4 is 34.6 Å². The first kappa shape index (κ1) is 19.9. The van der Waals surface area contributed by atoms with Crippen LogP contribution in [0.4, 0.5) is 23.0 Å². The first-order valence-corrected chi connectivity index (χ1v) is 10.9. The van der Waals surface area contributed by atoms with Crippen LogP contribution in [0.15, 0.2) is 48.7 Å². The Hall–Kier alpha value is -3.03. The number of piperazine rings is 1. The Morgan fingerprint density at radius 3 is 2.65 bits per heavy atom. The minimum atomic E-state index is 0.258. The summed E-state index contributed by atoms with van der Waals surface area (Å²) in [6.07, 6.45) is 2.51. The van der Waals surface area contributed by atoms with Crippen molar-refractivity contribution in [3.63, 3.8) is 0 Å². The summed E-state index contributed by atoms with van der Waals surface area (Å²) in [4.78, 5) is 9.13. The molecule has 2 aliphatic rings. The summed E-state index contributed by atoms with van der Waals surface area (Å²) in [5.74, 6) is 0.258. The standard InChI is InChI=1S/C23H25ClN6O/c1-28-10-12-29(13-11-28)19-5-3-18(4-6-19)27-23-26-15-16-8-9-25-21-14-17(24)2-7-20(21)22(16)30(23)31/h2-7,14-15,25H,8-13H2,1H3,(H,26,27). The summed E-state index contributed by atoms with van der Waals surface area (Å²) in [7, 11) is 2.15. The van der Waals surface area contributed by atoms with E-state index in [1.54, 1.807) is 6.20 Å². The zero-order valence-electron chi connectivity index (χ0n) is 17.4. The van der Waals surface area contributed by atoms with E-state index in [1.807, 2.05) is 30.3 Å². The number of nitrogens with zero attached hydrogens (tertiary/aromatic N) is 4. The molecule has 1 aromatic heterocycles. The molecule has 0 aliphatic carbocycles. The van der Waals surface area contributed by atoms with E-state index in [1.165, 1.54) is 5.69 Å². The molecule has 8 heteroatoms. The predicted octanol–water partition coefficient (Wildman–Crippen LogP) is 3.50. The molecule has 0 saturated carbocycles. The van der Waals surface area contributed by atoms with E-state index in [0.717, 1.165) is 66.4 Å². The number of likely N-dealkylation sites (N-methyl/N-ethyl adjacent to an activating group) is 1. The molecule has 0 radical (unpaired) electrons. The highest BCUT2D eigenvalue weighted by Gasteiger charge is 2.23. The van der Waals surface area contributed by atoms with Crippen molar-refractivity contribution in [3.05, 3.63) is 64.5 Å². The van der Waals surface area contributed by atoms with Crippen LogP contribution in [0.5, 0.6) is 0 Å². The molecular formula is C23H25ClN6O. The largest absolute Gasteiger partial charge is 0.740 e. The molecule has 1 fully saturated rings. The van der Waals surface area contributed by atoms with Crippen LogP contribution in [0.1, 0.15) is 5.56 Å². The third-order valence-electron chi connectivity index (χ3n) is 5.98. The first-order valence-electron chi connectivity index (χ1n) is 10.5. The maximum absolute atomic E-state index is 13.3. The smallest absolute Gasteiger partial charge is 0.397 e. The lowest BCUT2D eigenvalue weighted by Gasteiger charge is -2.34. The number of anilines is 4. The van der Waals surface area contributed by atoms with Crippen molar-refractivity contribution in [2.75, 3.05) is 55.3 Å². The van der Waals surface area contributed by atoms with Gasteiger partial charge in [0, 0.05) is 60.2 Å². The summed E-state index contributed by atoms with van der Waals surface area (Å²) in [5.41, 5.74) is 5.26. The number of hydrogen-bond acceptors (Lipinski definition) is 6. The monoisotopic (exact) mass is 436 g/mol. The van der Waals surface area contributed by atoms with Gasteiger partial charge in [0.2, 0.25) is 0 Å². The van der Waals surface area contributed by atoms with Gasteiger partial charge in [-0.3, -0.25) is 0 Å². The molecule has 0 bridgehead atoms. The highest BCUT2D eigenvalue weighted by molar-refractivity contribution is 6.31. The van der Waals surface area contributed by atoms with Crippen molar-refractivity contribution in [2.24, 2.45) is 0 Å². The van der Waals surface area contributed by atoms with Crippen LogP contribution in [-0.4, -0.2) is 49.7 Å². The highest BCUT2D eigenvalue weighted by Crippen LogP contribution is 2.33. The fourth-order valence-corrected chi connectivity index (χ4v) is 4.36. The normalized spacial score (nSPS) is 16.1. The van der Waals surface area contributed by atoms with Crippen molar-refractivity contribution in [1.29, 1.82) is 0 Å². The van der Waals surface area contributed by atoms with E-state index in [0.29, 0.717) is 10.7 Å². The van der Waals surface area contributed by atoms with E-state index in [-0.39, 0.29) is 5.95 Å². The van der Waals surface area contributed by atoms with Crippen LogP contribution in [0.25, 0.3) is 11.3 Å². The number of hydrogen-bond donors (Lipinski definition) is 2. The van der Waals surface area contributed by atoms with Gasteiger partial charge in [-0.05, 0) is 55.9 Å². The van der Waals surface area contributed by atoms with E-state index in [2.05, 4.69) is 44.6 Å². The fourth-order valence-electron chi connectivity index (χ4n) is 4.19. The van der Waals surface area contributed by atoms with E-state index >= 15 is 0 Å². The second-order valence-electron chi connectivity index (χ2n) is 8.08. The summed E-state index contributed by atoms with van der Waals surface area (Å²) >= 11 is 6.16. The maximum Gasteiger partial charge on any atom is 0.397 e. The summed E-state index contributed by atoms with van der Waals surface area (Å²) in [5, 5.41) is 20.5. The summed E-state index contributed by atoms with van der Waals surface area (Å²) < 4.78 is 0.892. The topological polar surface area (TPSA) is 70.4 Å². The van der Waals surface area contributed by atoms with Gasteiger partial charge in [0.1, 0.15) is 11.9 Å². The minimum absolute atomic E-state index is 0.258. The van der Waals surface area contributed by atoms with Crippen LogP contribution in [-0.2, 0) is 6.42 Å². The van der Waals surface area contributed by atoms with Gasteiger partial charge < -0.3 is 20.3 Å². The number of fused-ring (bicyclic) bond motifs is 3. The van der Waals surface area contributed by atoms with E-state index < -0.39 is 0 Å². The van der Waals surface area contributed by atoms with E-state index in [4.69, 9.17) is 11.6 Å². The zero-order valence-corrected chi connectivity index (χ0v) is 18.2. The highest BCUT2D eigenvalue weighted by atomic mass is 35.5. The van der Waals surface area contributed by atoms with Gasteiger partial charge in [-0.2, -0.15) is 0 Å². The molecule has 160 valence electrons. The fraction of sp³-hybridized carbons (Fsp3) is 0.304. The molecular weight excluding hydrogens is 412 g/mol. The lowest BCUT2D eigenvalue weighted by Crippen LogP contribution is -2.44. The van der Waals surface area contributed by atoms with Crippen molar-refractivity contribution in [2.45, 2.75) is 6.42 Å². The van der Waals surface area contributed by atoms with Gasteiger partial charge >= 0.3 is 5.95 Å². The molecule has 2 aromatic carbocycles. The molecule has 2 N–H and O–H groups in total. The van der Waals surface area contributed by atoms with Crippen LogP contribution in [0.2, 0.25) is 5.02 Å². The molecule has 31 heavy (non-hydrogen) atoms. The lowest BCUT2D eigenvalue weighted by molar-refractivity contribution is -0.581. The molecule has 0 spiro atoms. The van der Waals surface area contributed by atoms with Gasteiger partial charge in [0.25, 0.3) is 0 Å². The summed E-state index contributed by atoms with van der Waals surface area (Å²) in [6.45, 7) is 4.90. The first-order chi connectivity index (χ1) is 15.1. The zero-order chi connectivity index (χ0) is 21.4. The Kier molecular flexibility index (Phi) is 5.29. The van der Waals surface area contributed by atoms with Crippen LogP contribution in [0.3, 0.4) is 0 Å². The minimum Gasteiger partial charge on any atom is -0.740 e. The molecule has 2 aliphatic heterocycles. The van der Waals surface area contributed by atoms with Gasteiger partial charge in [-0.1, -0.05) is 16.6 Å². The van der Waals surface area contributed by atoms with Gasteiger partial charge in [0.15, 0.2) is 0 Å². The number of nitrogens with one attached hydrogen (secondary N) is 2. The van der Waals surface area contributed by atoms with Crippen molar-refractivity contribution < 1.29 is 4.73 Å². The Morgan fingerprint density at radius 1 is 1.10 bits per heavy atom. The number of rotatable bonds is 3. The van der Waals surface area contributed by atoms with Crippen LogP contribution < -0.4 is 20.3 Å². The number of halogens is 1. The molecule has 0 unspecified atom stereocenters. The van der Waals surface area contributed by atoms with Crippen LogP contribution in [0, 0.1) is 5.21 Å². The quantitative estimate of drug-likeness (QED) is 0.483. The third kappa shape index (κ3) is 3.98. The Bertz CT molecular complexity index is 1100. The number of benzene rings is 2. The van der Waals surface area contributed by atoms with Gasteiger partial charge in [-0.25, -0.2) is 10.0 Å². The molecule has 3 heterocycles.